The molecule has 0 atom stereocenters. The first-order valence-electron chi connectivity index (χ1n) is 7.91. The third-order valence-electron chi connectivity index (χ3n) is 3.77. The van der Waals surface area contributed by atoms with E-state index in [4.69, 9.17) is 25.5 Å². The predicted octanol–water partition coefficient (Wildman–Crippen LogP) is 3.96. The molecule has 1 N–H and O–H groups in total. The van der Waals surface area contributed by atoms with Gasteiger partial charge in [0.2, 0.25) is 0 Å². The number of esters is 1. The number of benzene rings is 2. The zero-order valence-electron chi connectivity index (χ0n) is 14.3. The van der Waals surface area contributed by atoms with Gasteiger partial charge in [0, 0.05) is 22.7 Å². The summed E-state index contributed by atoms with van der Waals surface area (Å²) < 4.78 is 28.6. The first-order valence-corrected chi connectivity index (χ1v) is 8.28. The van der Waals surface area contributed by atoms with Crippen LogP contribution in [0.15, 0.2) is 47.1 Å². The highest BCUT2D eigenvalue weighted by molar-refractivity contribution is 6.31. The lowest BCUT2D eigenvalue weighted by molar-refractivity contribution is -0.146. The predicted molar refractivity (Wildman–Crippen MR) is 97.5 cm³/mol. The van der Waals surface area contributed by atoms with E-state index < -0.39 is 24.3 Å². The molecule has 0 spiro atoms. The summed E-state index contributed by atoms with van der Waals surface area (Å²) in [5, 5.41) is 3.11. The Labute approximate surface area is 158 Å². The topological polar surface area (TPSA) is 77.8 Å². The number of amides is 1. The van der Waals surface area contributed by atoms with Crippen molar-refractivity contribution in [3.63, 3.8) is 0 Å². The molecule has 27 heavy (non-hydrogen) atoms. The molecule has 0 aliphatic heterocycles. The van der Waals surface area contributed by atoms with E-state index in [1.165, 1.54) is 18.4 Å². The number of nitrogens with one attached hydrogen (secondary N) is 1. The van der Waals surface area contributed by atoms with Crippen LogP contribution >= 0.6 is 11.6 Å². The molecule has 1 heterocycles. The molecule has 8 heteroatoms. The molecule has 3 aromatic rings. The SMILES string of the molecule is COc1ccc2c(CC(=O)OCC(=O)Nc3ccc(F)c(Cl)c3)coc2c1. The number of methoxy groups -OCH3 is 1. The molecule has 0 aliphatic rings. The van der Waals surface area contributed by atoms with Gasteiger partial charge in [-0.25, -0.2) is 4.39 Å². The van der Waals surface area contributed by atoms with Gasteiger partial charge < -0.3 is 19.2 Å². The minimum atomic E-state index is -0.592. The van der Waals surface area contributed by atoms with Gasteiger partial charge in [-0.05, 0) is 30.3 Å². The van der Waals surface area contributed by atoms with Gasteiger partial charge in [0.1, 0.15) is 17.1 Å². The number of halogens is 2. The number of furan rings is 1. The molecule has 0 saturated heterocycles. The number of anilines is 1. The molecule has 1 amide bonds. The smallest absolute Gasteiger partial charge is 0.310 e. The fourth-order valence-electron chi connectivity index (χ4n) is 2.45. The summed E-state index contributed by atoms with van der Waals surface area (Å²) >= 11 is 5.64. The number of carbonyl (C=O) groups excluding carboxylic acids is 2. The van der Waals surface area contributed by atoms with Crippen LogP contribution in [0.25, 0.3) is 11.0 Å². The molecule has 0 unspecified atom stereocenters. The number of hydrogen-bond acceptors (Lipinski definition) is 5. The van der Waals surface area contributed by atoms with Crippen LogP contribution in [0.2, 0.25) is 5.02 Å². The van der Waals surface area contributed by atoms with Crippen molar-refractivity contribution in [1.29, 1.82) is 0 Å². The van der Waals surface area contributed by atoms with Gasteiger partial charge >= 0.3 is 5.97 Å². The van der Waals surface area contributed by atoms with E-state index in [-0.39, 0.29) is 11.4 Å². The second-order valence-electron chi connectivity index (χ2n) is 5.64. The Kier molecular flexibility index (Phi) is 5.61. The highest BCUT2D eigenvalue weighted by Gasteiger charge is 2.14. The summed E-state index contributed by atoms with van der Waals surface area (Å²) in [5.74, 6) is -1.09. The van der Waals surface area contributed by atoms with Crippen LogP contribution in [0.1, 0.15) is 5.56 Å². The molecule has 0 fully saturated rings. The van der Waals surface area contributed by atoms with Gasteiger partial charge in [-0.1, -0.05) is 11.6 Å². The lowest BCUT2D eigenvalue weighted by atomic mass is 10.1. The van der Waals surface area contributed by atoms with E-state index in [1.54, 1.807) is 25.3 Å². The summed E-state index contributed by atoms with van der Waals surface area (Å²) in [5.41, 5.74) is 1.53. The van der Waals surface area contributed by atoms with Crippen molar-refractivity contribution in [3.05, 3.63) is 59.1 Å². The molecule has 0 saturated carbocycles. The Bertz CT molecular complexity index is 1000. The zero-order valence-corrected chi connectivity index (χ0v) is 15.0. The van der Waals surface area contributed by atoms with Gasteiger partial charge in [-0.2, -0.15) is 0 Å². The quantitative estimate of drug-likeness (QED) is 0.643. The van der Waals surface area contributed by atoms with Crippen LogP contribution in [0.4, 0.5) is 10.1 Å². The van der Waals surface area contributed by atoms with E-state index in [0.717, 1.165) is 11.5 Å². The van der Waals surface area contributed by atoms with Crippen LogP contribution in [0.5, 0.6) is 5.75 Å². The van der Waals surface area contributed by atoms with E-state index in [2.05, 4.69) is 5.32 Å². The molecular weight excluding hydrogens is 377 g/mol. The van der Waals surface area contributed by atoms with Gasteiger partial charge in [0.25, 0.3) is 5.91 Å². The normalized spacial score (nSPS) is 10.6. The first kappa shape index (κ1) is 18.7. The summed E-state index contributed by atoms with van der Waals surface area (Å²) in [6, 6.07) is 9.00. The van der Waals surface area contributed by atoms with Crippen molar-refractivity contribution < 1.29 is 27.9 Å². The summed E-state index contributed by atoms with van der Waals surface area (Å²) in [6.45, 7) is -0.475. The average Bonchev–Trinajstić information content (AvgIpc) is 3.05. The monoisotopic (exact) mass is 391 g/mol. The molecule has 0 aliphatic carbocycles. The van der Waals surface area contributed by atoms with Crippen molar-refractivity contribution in [3.8, 4) is 5.75 Å². The van der Waals surface area contributed by atoms with Crippen molar-refractivity contribution in [1.82, 2.24) is 0 Å². The van der Waals surface area contributed by atoms with E-state index in [1.807, 2.05) is 0 Å². The van der Waals surface area contributed by atoms with E-state index >= 15 is 0 Å². The van der Waals surface area contributed by atoms with Gasteiger partial charge in [-0.3, -0.25) is 9.59 Å². The van der Waals surface area contributed by atoms with E-state index in [9.17, 15) is 14.0 Å². The summed E-state index contributed by atoms with van der Waals surface area (Å²) in [4.78, 5) is 23.8. The number of hydrogen-bond donors (Lipinski definition) is 1. The number of fused-ring (bicyclic) bond motifs is 1. The van der Waals surface area contributed by atoms with Crippen LogP contribution < -0.4 is 10.1 Å². The van der Waals surface area contributed by atoms with Gasteiger partial charge in [0.15, 0.2) is 6.61 Å². The highest BCUT2D eigenvalue weighted by atomic mass is 35.5. The summed E-state index contributed by atoms with van der Waals surface area (Å²) in [6.07, 6.45) is 1.42. The number of carbonyl (C=O) groups is 2. The second-order valence-corrected chi connectivity index (χ2v) is 6.04. The van der Waals surface area contributed by atoms with Crippen molar-refractivity contribution >= 4 is 40.1 Å². The third-order valence-corrected chi connectivity index (χ3v) is 4.05. The van der Waals surface area contributed by atoms with Gasteiger partial charge in [0.05, 0.1) is 24.8 Å². The first-order chi connectivity index (χ1) is 13.0. The largest absolute Gasteiger partial charge is 0.497 e. The maximum absolute atomic E-state index is 13.1. The van der Waals surface area contributed by atoms with Crippen molar-refractivity contribution in [2.45, 2.75) is 6.42 Å². The van der Waals surface area contributed by atoms with Crippen LogP contribution in [0, 0.1) is 5.82 Å². The Balaban J connectivity index is 1.55. The Morgan fingerprint density at radius 3 is 2.78 bits per heavy atom. The molecule has 3 rings (SSSR count). The van der Waals surface area contributed by atoms with E-state index in [0.29, 0.717) is 22.6 Å². The minimum absolute atomic E-state index is 0.0466. The fourth-order valence-corrected chi connectivity index (χ4v) is 2.63. The van der Waals surface area contributed by atoms with Crippen LogP contribution in [0.3, 0.4) is 0 Å². The maximum Gasteiger partial charge on any atom is 0.310 e. The lowest BCUT2D eigenvalue weighted by Gasteiger charge is -2.07. The zero-order chi connectivity index (χ0) is 19.4. The Morgan fingerprint density at radius 1 is 1.22 bits per heavy atom. The molecule has 6 nitrogen and oxygen atoms in total. The minimum Gasteiger partial charge on any atom is -0.497 e. The lowest BCUT2D eigenvalue weighted by Crippen LogP contribution is -2.21. The fraction of sp³-hybridized carbons (Fsp3) is 0.158. The van der Waals surface area contributed by atoms with Crippen LogP contribution in [-0.2, 0) is 20.7 Å². The standard InChI is InChI=1S/C19H15ClFNO5/c1-25-13-3-4-14-11(9-26-17(14)8-13)6-19(24)27-10-18(23)22-12-2-5-16(21)15(20)7-12/h2-5,7-9H,6,10H2,1H3,(H,22,23). The number of rotatable bonds is 6. The Hall–Kier alpha value is -3.06. The molecule has 0 radical (unpaired) electrons. The average molecular weight is 392 g/mol. The Morgan fingerprint density at radius 2 is 2.04 bits per heavy atom. The highest BCUT2D eigenvalue weighted by Crippen LogP contribution is 2.26. The molecular formula is C19H15ClFNO5. The van der Waals surface area contributed by atoms with Crippen LogP contribution in [-0.4, -0.2) is 25.6 Å². The third kappa shape index (κ3) is 4.57. The molecule has 1 aromatic heterocycles. The van der Waals surface area contributed by atoms with Gasteiger partial charge in [-0.15, -0.1) is 0 Å². The molecule has 0 bridgehead atoms. The summed E-state index contributed by atoms with van der Waals surface area (Å²) in [7, 11) is 1.55. The van der Waals surface area contributed by atoms with Crippen molar-refractivity contribution in [2.75, 3.05) is 19.0 Å². The maximum atomic E-state index is 13.1. The number of ether oxygens (including phenoxy) is 2. The molecule has 140 valence electrons. The van der Waals surface area contributed by atoms with Crippen molar-refractivity contribution in [2.24, 2.45) is 0 Å². The second kappa shape index (κ2) is 8.09. The molecule has 2 aromatic carbocycles.